The minimum Gasteiger partial charge on any atom is -0.384 e. The predicted octanol–water partition coefficient (Wildman–Crippen LogP) is 4.42. The van der Waals surface area contributed by atoms with Gasteiger partial charge in [0.1, 0.15) is 6.10 Å². The second-order valence-electron chi connectivity index (χ2n) is 3.35. The van der Waals surface area contributed by atoms with Gasteiger partial charge in [-0.05, 0) is 62.8 Å². The van der Waals surface area contributed by atoms with E-state index in [4.69, 9.17) is 0 Å². The van der Waals surface area contributed by atoms with Gasteiger partial charge < -0.3 is 5.11 Å². The first kappa shape index (κ1) is 10.9. The average Bonchev–Trinajstić information content (AvgIpc) is 2.73. The molecule has 0 amide bonds. The van der Waals surface area contributed by atoms with Crippen LogP contribution in [0.5, 0.6) is 0 Å². The fourth-order valence-electron chi connectivity index (χ4n) is 1.68. The summed E-state index contributed by atoms with van der Waals surface area (Å²) in [4.78, 5) is 0. The predicted molar refractivity (Wildman–Crippen MR) is 66.6 cm³/mol. The summed E-state index contributed by atoms with van der Waals surface area (Å²) in [5, 5.41) is 10.1. The summed E-state index contributed by atoms with van der Waals surface area (Å²) < 4.78 is 2.07. The van der Waals surface area contributed by atoms with Crippen LogP contribution in [0.1, 0.15) is 30.9 Å². The Bertz CT molecular complexity index is 370. The van der Waals surface area contributed by atoms with E-state index in [2.05, 4.69) is 37.9 Å². The quantitative estimate of drug-likeness (QED) is 0.792. The zero-order valence-corrected chi connectivity index (χ0v) is 11.5. The molecule has 0 bridgehead atoms. The summed E-state index contributed by atoms with van der Waals surface area (Å²) in [6, 6.07) is 1.98. The summed E-state index contributed by atoms with van der Waals surface area (Å²) in [6.07, 6.45) is 5.04. The second-order valence-corrected chi connectivity index (χ2v) is 7.10. The highest BCUT2D eigenvalue weighted by molar-refractivity contribution is 9.12. The lowest BCUT2D eigenvalue weighted by atomic mass is 10.0. The molecule has 0 aromatic carbocycles. The fourth-order valence-corrected chi connectivity index (χ4v) is 4.57. The highest BCUT2D eigenvalue weighted by atomic mass is 79.9. The van der Waals surface area contributed by atoms with Gasteiger partial charge in [-0.1, -0.05) is 6.08 Å². The minimum atomic E-state index is -0.422. The van der Waals surface area contributed by atoms with E-state index in [-0.39, 0.29) is 0 Å². The molecule has 0 spiro atoms. The van der Waals surface area contributed by atoms with Crippen LogP contribution in [0, 0.1) is 0 Å². The Balaban J connectivity index is 2.25. The van der Waals surface area contributed by atoms with Gasteiger partial charge in [0, 0.05) is 5.56 Å². The molecule has 1 atom stereocenters. The maximum atomic E-state index is 10.1. The Hall–Kier alpha value is 0.360. The van der Waals surface area contributed by atoms with E-state index < -0.39 is 6.10 Å². The van der Waals surface area contributed by atoms with Gasteiger partial charge in [-0.25, -0.2) is 0 Å². The molecule has 1 aromatic rings. The largest absolute Gasteiger partial charge is 0.384 e. The van der Waals surface area contributed by atoms with Crippen molar-refractivity contribution < 1.29 is 5.11 Å². The lowest BCUT2D eigenvalue weighted by Gasteiger charge is -2.10. The number of halogens is 2. The van der Waals surface area contributed by atoms with E-state index in [9.17, 15) is 5.11 Å². The number of hydrogen-bond acceptors (Lipinski definition) is 2. The second kappa shape index (κ2) is 4.47. The topological polar surface area (TPSA) is 20.2 Å². The number of aliphatic hydroxyl groups is 1. The Labute approximate surface area is 104 Å². The van der Waals surface area contributed by atoms with Crippen molar-refractivity contribution in [3.63, 3.8) is 0 Å². The number of hydrogen-bond donors (Lipinski definition) is 1. The van der Waals surface area contributed by atoms with Crippen LogP contribution in [-0.2, 0) is 0 Å². The third-order valence-electron chi connectivity index (χ3n) is 2.40. The summed E-state index contributed by atoms with van der Waals surface area (Å²) in [7, 11) is 0. The smallest absolute Gasteiger partial charge is 0.102 e. The molecule has 0 saturated carbocycles. The Kier molecular flexibility index (Phi) is 3.47. The maximum Gasteiger partial charge on any atom is 0.102 e. The van der Waals surface area contributed by atoms with Crippen LogP contribution in [0.4, 0.5) is 0 Å². The van der Waals surface area contributed by atoms with Gasteiger partial charge in [0.15, 0.2) is 0 Å². The first-order valence-electron chi connectivity index (χ1n) is 4.50. The zero-order chi connectivity index (χ0) is 10.1. The van der Waals surface area contributed by atoms with Gasteiger partial charge in [-0.15, -0.1) is 11.3 Å². The lowest BCUT2D eigenvalue weighted by molar-refractivity contribution is 0.212. The van der Waals surface area contributed by atoms with Crippen LogP contribution in [0.3, 0.4) is 0 Å². The summed E-state index contributed by atoms with van der Waals surface area (Å²) >= 11 is 8.49. The van der Waals surface area contributed by atoms with E-state index in [1.807, 2.05) is 6.07 Å². The van der Waals surface area contributed by atoms with Crippen molar-refractivity contribution in [2.45, 2.75) is 25.4 Å². The van der Waals surface area contributed by atoms with Crippen molar-refractivity contribution in [3.8, 4) is 0 Å². The van der Waals surface area contributed by atoms with Gasteiger partial charge in [0.25, 0.3) is 0 Å². The Morgan fingerprint density at radius 2 is 2.21 bits per heavy atom. The molecule has 1 nitrogen and oxygen atoms in total. The highest BCUT2D eigenvalue weighted by Crippen LogP contribution is 2.40. The van der Waals surface area contributed by atoms with E-state index in [1.54, 1.807) is 11.3 Å². The van der Waals surface area contributed by atoms with Crippen LogP contribution in [0.15, 0.2) is 25.3 Å². The SMILES string of the molecule is OC(C1=CCCC1)c1cc(Br)sc1Br. The Morgan fingerprint density at radius 1 is 1.43 bits per heavy atom. The van der Waals surface area contributed by atoms with E-state index in [0.717, 1.165) is 31.6 Å². The molecule has 0 aliphatic heterocycles. The molecule has 4 heteroatoms. The minimum absolute atomic E-state index is 0.422. The fraction of sp³-hybridized carbons (Fsp3) is 0.400. The molecule has 0 saturated heterocycles. The van der Waals surface area contributed by atoms with Crippen LogP contribution in [0.2, 0.25) is 0 Å². The van der Waals surface area contributed by atoms with Gasteiger partial charge >= 0.3 is 0 Å². The average molecular weight is 338 g/mol. The molecule has 1 N–H and O–H groups in total. The van der Waals surface area contributed by atoms with Crippen molar-refractivity contribution in [2.75, 3.05) is 0 Å². The van der Waals surface area contributed by atoms with Crippen molar-refractivity contribution in [3.05, 3.63) is 30.9 Å². The molecule has 76 valence electrons. The first-order chi connectivity index (χ1) is 6.68. The molecule has 2 rings (SSSR count). The monoisotopic (exact) mass is 336 g/mol. The number of rotatable bonds is 2. The molecule has 1 aliphatic rings. The molecular formula is C10H10Br2OS. The first-order valence-corrected chi connectivity index (χ1v) is 6.90. The third kappa shape index (κ3) is 2.13. The van der Waals surface area contributed by atoms with Crippen molar-refractivity contribution in [1.29, 1.82) is 0 Å². The van der Waals surface area contributed by atoms with Crippen LogP contribution in [0.25, 0.3) is 0 Å². The number of thiophene rings is 1. The van der Waals surface area contributed by atoms with Gasteiger partial charge in [0.05, 0.1) is 7.57 Å². The standard InChI is InChI=1S/C10H10Br2OS/c11-8-5-7(10(12)14-8)9(13)6-3-1-2-4-6/h3,5,9,13H,1-2,4H2. The summed E-state index contributed by atoms with van der Waals surface area (Å²) in [5.41, 5.74) is 2.14. The van der Waals surface area contributed by atoms with Crippen molar-refractivity contribution in [1.82, 2.24) is 0 Å². The van der Waals surface area contributed by atoms with E-state index in [0.29, 0.717) is 0 Å². The zero-order valence-electron chi connectivity index (χ0n) is 7.46. The summed E-state index contributed by atoms with van der Waals surface area (Å²) in [5.74, 6) is 0. The van der Waals surface area contributed by atoms with Crippen molar-refractivity contribution >= 4 is 43.2 Å². The van der Waals surface area contributed by atoms with Crippen LogP contribution in [-0.4, -0.2) is 5.11 Å². The highest BCUT2D eigenvalue weighted by Gasteiger charge is 2.20. The number of allylic oxidation sites excluding steroid dienone is 1. The van der Waals surface area contributed by atoms with Gasteiger partial charge in [-0.2, -0.15) is 0 Å². The van der Waals surface area contributed by atoms with Gasteiger partial charge in [-0.3, -0.25) is 0 Å². The molecule has 0 fully saturated rings. The molecule has 1 aromatic heterocycles. The summed E-state index contributed by atoms with van der Waals surface area (Å²) in [6.45, 7) is 0. The lowest BCUT2D eigenvalue weighted by Crippen LogP contribution is -1.98. The van der Waals surface area contributed by atoms with Crippen LogP contribution < -0.4 is 0 Å². The van der Waals surface area contributed by atoms with E-state index >= 15 is 0 Å². The molecule has 1 unspecified atom stereocenters. The Morgan fingerprint density at radius 3 is 2.71 bits per heavy atom. The van der Waals surface area contributed by atoms with Crippen molar-refractivity contribution in [2.24, 2.45) is 0 Å². The normalized spacial score (nSPS) is 18.4. The molecule has 0 radical (unpaired) electrons. The third-order valence-corrected chi connectivity index (χ3v) is 4.79. The van der Waals surface area contributed by atoms with Crippen LogP contribution >= 0.6 is 43.2 Å². The molecule has 14 heavy (non-hydrogen) atoms. The molecule has 1 heterocycles. The van der Waals surface area contributed by atoms with E-state index in [1.165, 1.54) is 6.42 Å². The number of aliphatic hydroxyl groups excluding tert-OH is 1. The van der Waals surface area contributed by atoms with Gasteiger partial charge in [0.2, 0.25) is 0 Å². The maximum absolute atomic E-state index is 10.1. The molecular weight excluding hydrogens is 328 g/mol. The molecule has 1 aliphatic carbocycles.